The smallest absolute Gasteiger partial charge is 0.366 e. The van der Waals surface area contributed by atoms with Crippen molar-refractivity contribution in [3.8, 4) is 0 Å². The molecular formula is C10H7BrF3N5O. The predicted octanol–water partition coefficient (Wildman–Crippen LogP) is 2.42. The Hall–Kier alpha value is -2.10. The maximum absolute atomic E-state index is 12.7. The molecule has 1 heterocycles. The highest BCUT2D eigenvalue weighted by atomic mass is 79.9. The molecule has 10 heteroatoms. The van der Waals surface area contributed by atoms with E-state index in [1.54, 1.807) is 0 Å². The molecule has 0 unspecified atom stereocenters. The molecule has 20 heavy (non-hydrogen) atoms. The maximum Gasteiger partial charge on any atom is 0.417 e. The van der Waals surface area contributed by atoms with Gasteiger partial charge in [0.2, 0.25) is 11.8 Å². The normalized spacial score (nSPS) is 11.4. The van der Waals surface area contributed by atoms with Crippen LogP contribution in [0.25, 0.3) is 0 Å². The van der Waals surface area contributed by atoms with Gasteiger partial charge in [-0.05, 0) is 18.2 Å². The number of nitrogens with two attached hydrogens (primary N) is 1. The zero-order chi connectivity index (χ0) is 14.9. The number of carbonyl (C=O) groups is 1. The fourth-order valence-corrected chi connectivity index (χ4v) is 1.86. The molecule has 0 fully saturated rings. The molecule has 0 aliphatic heterocycles. The molecule has 2 aromatic rings. The molecule has 106 valence electrons. The fourth-order valence-electron chi connectivity index (χ4n) is 1.39. The van der Waals surface area contributed by atoms with Crippen LogP contribution in [0.1, 0.15) is 16.2 Å². The second-order valence-corrected chi connectivity index (χ2v) is 4.54. The summed E-state index contributed by atoms with van der Waals surface area (Å²) in [6, 6.07) is 3.31. The first-order chi connectivity index (χ1) is 9.27. The van der Waals surface area contributed by atoms with Crippen molar-refractivity contribution >= 4 is 33.5 Å². The molecule has 0 aliphatic rings. The quantitative estimate of drug-likeness (QED) is 0.775. The Morgan fingerprint density at radius 1 is 1.40 bits per heavy atom. The van der Waals surface area contributed by atoms with Crippen molar-refractivity contribution in [3.05, 3.63) is 34.1 Å². The molecule has 6 nitrogen and oxygen atoms in total. The highest BCUT2D eigenvalue weighted by molar-refractivity contribution is 9.10. The van der Waals surface area contributed by atoms with Gasteiger partial charge in [0.25, 0.3) is 5.91 Å². The molecule has 0 radical (unpaired) electrons. The van der Waals surface area contributed by atoms with Crippen molar-refractivity contribution < 1.29 is 18.0 Å². The number of carbonyl (C=O) groups excluding carboxylic acids is 1. The number of alkyl halides is 3. The van der Waals surface area contributed by atoms with Crippen LogP contribution in [0.15, 0.2) is 22.7 Å². The lowest BCUT2D eigenvalue weighted by Gasteiger charge is -2.11. The van der Waals surface area contributed by atoms with Gasteiger partial charge in [-0.2, -0.15) is 18.2 Å². The highest BCUT2D eigenvalue weighted by Crippen LogP contribution is 2.36. The lowest BCUT2D eigenvalue weighted by molar-refractivity contribution is -0.138. The van der Waals surface area contributed by atoms with Crippen molar-refractivity contribution in [2.45, 2.75) is 6.18 Å². The van der Waals surface area contributed by atoms with E-state index in [0.717, 1.165) is 6.07 Å². The minimum Gasteiger partial charge on any atom is -0.366 e. The van der Waals surface area contributed by atoms with Gasteiger partial charge in [-0.3, -0.25) is 9.89 Å². The van der Waals surface area contributed by atoms with Gasteiger partial charge in [-0.15, -0.1) is 5.10 Å². The Labute approximate surface area is 118 Å². The number of anilines is 2. The summed E-state index contributed by atoms with van der Waals surface area (Å²) in [5.41, 5.74) is 4.30. The van der Waals surface area contributed by atoms with E-state index >= 15 is 0 Å². The monoisotopic (exact) mass is 349 g/mol. The van der Waals surface area contributed by atoms with E-state index in [1.165, 1.54) is 12.1 Å². The van der Waals surface area contributed by atoms with Crippen LogP contribution in [0.2, 0.25) is 0 Å². The van der Waals surface area contributed by atoms with Crippen LogP contribution in [0.5, 0.6) is 0 Å². The zero-order valence-corrected chi connectivity index (χ0v) is 11.2. The number of nitrogen functional groups attached to an aromatic ring is 1. The number of hydrogen-bond donors (Lipinski definition) is 3. The van der Waals surface area contributed by atoms with Crippen LogP contribution in [0, 0.1) is 0 Å². The number of aromatic nitrogens is 3. The molecule has 0 saturated carbocycles. The number of aromatic amines is 1. The third-order valence-corrected chi connectivity index (χ3v) is 2.94. The van der Waals surface area contributed by atoms with Crippen molar-refractivity contribution in [1.29, 1.82) is 0 Å². The minimum atomic E-state index is -4.53. The molecule has 1 aromatic heterocycles. The Balaban J connectivity index is 2.24. The standard InChI is InChI=1S/C10H7BrF3N5O/c11-6-2-1-4(3-5(6)10(12,13)14)16-8(20)7-17-9(15)19-18-7/h1-3H,(H,16,20)(H3,15,17,18,19). The van der Waals surface area contributed by atoms with Crippen LogP contribution < -0.4 is 11.1 Å². The average Bonchev–Trinajstić information content (AvgIpc) is 2.77. The molecular weight excluding hydrogens is 343 g/mol. The predicted molar refractivity (Wildman–Crippen MR) is 67.9 cm³/mol. The van der Waals surface area contributed by atoms with Gasteiger partial charge in [0.1, 0.15) is 0 Å². The Kier molecular flexibility index (Phi) is 3.66. The van der Waals surface area contributed by atoms with E-state index < -0.39 is 17.6 Å². The van der Waals surface area contributed by atoms with E-state index in [2.05, 4.69) is 36.4 Å². The van der Waals surface area contributed by atoms with Gasteiger partial charge in [0.05, 0.1) is 5.56 Å². The van der Waals surface area contributed by atoms with Crippen LogP contribution in [-0.2, 0) is 6.18 Å². The van der Waals surface area contributed by atoms with Crippen LogP contribution >= 0.6 is 15.9 Å². The number of benzene rings is 1. The molecule has 0 atom stereocenters. The first kappa shape index (κ1) is 14.3. The molecule has 0 bridgehead atoms. The van der Waals surface area contributed by atoms with Gasteiger partial charge in [0, 0.05) is 10.2 Å². The summed E-state index contributed by atoms with van der Waals surface area (Å²) in [5.74, 6) is -1.08. The molecule has 1 amide bonds. The zero-order valence-electron chi connectivity index (χ0n) is 9.62. The van der Waals surface area contributed by atoms with Gasteiger partial charge < -0.3 is 11.1 Å². The molecule has 1 aromatic carbocycles. The van der Waals surface area contributed by atoms with Crippen molar-refractivity contribution in [1.82, 2.24) is 15.2 Å². The Morgan fingerprint density at radius 3 is 2.65 bits per heavy atom. The molecule has 4 N–H and O–H groups in total. The lowest BCUT2D eigenvalue weighted by atomic mass is 10.2. The van der Waals surface area contributed by atoms with E-state index in [9.17, 15) is 18.0 Å². The summed E-state index contributed by atoms with van der Waals surface area (Å²) in [7, 11) is 0. The number of rotatable bonds is 2. The number of hydrogen-bond acceptors (Lipinski definition) is 4. The first-order valence-corrected chi connectivity index (χ1v) is 5.92. The van der Waals surface area contributed by atoms with Crippen molar-refractivity contribution in [3.63, 3.8) is 0 Å². The molecule has 0 spiro atoms. The highest BCUT2D eigenvalue weighted by Gasteiger charge is 2.33. The number of H-pyrrole nitrogens is 1. The summed E-state index contributed by atoms with van der Waals surface area (Å²) in [6.07, 6.45) is -4.53. The number of nitrogens with zero attached hydrogens (tertiary/aromatic N) is 2. The third kappa shape index (κ3) is 3.07. The van der Waals surface area contributed by atoms with E-state index in [4.69, 9.17) is 5.73 Å². The first-order valence-electron chi connectivity index (χ1n) is 5.13. The Bertz CT molecular complexity index is 655. The second kappa shape index (κ2) is 5.12. The van der Waals surface area contributed by atoms with Crippen LogP contribution in [0.3, 0.4) is 0 Å². The SMILES string of the molecule is Nc1n[nH]c(C(=O)Nc2ccc(Br)c(C(F)(F)F)c2)n1. The summed E-state index contributed by atoms with van der Waals surface area (Å²) < 4.78 is 38.0. The minimum absolute atomic E-state index is 0.0273. The van der Waals surface area contributed by atoms with Gasteiger partial charge in [-0.25, -0.2) is 0 Å². The summed E-state index contributed by atoms with van der Waals surface area (Å²) in [6.45, 7) is 0. The topological polar surface area (TPSA) is 96.7 Å². The maximum atomic E-state index is 12.7. The summed E-state index contributed by atoms with van der Waals surface area (Å²) >= 11 is 2.80. The van der Waals surface area contributed by atoms with E-state index in [-0.39, 0.29) is 21.9 Å². The van der Waals surface area contributed by atoms with Gasteiger partial charge in [0.15, 0.2) is 0 Å². The van der Waals surface area contributed by atoms with Gasteiger partial charge in [-0.1, -0.05) is 15.9 Å². The van der Waals surface area contributed by atoms with Gasteiger partial charge >= 0.3 is 6.18 Å². The molecule has 0 saturated heterocycles. The third-order valence-electron chi connectivity index (χ3n) is 2.25. The van der Waals surface area contributed by atoms with Crippen LogP contribution in [0.4, 0.5) is 24.8 Å². The van der Waals surface area contributed by atoms with Crippen LogP contribution in [-0.4, -0.2) is 21.1 Å². The fraction of sp³-hybridized carbons (Fsp3) is 0.100. The number of amides is 1. The number of nitrogens with one attached hydrogen (secondary N) is 2. The summed E-state index contributed by atoms with van der Waals surface area (Å²) in [5, 5.41) is 7.96. The lowest BCUT2D eigenvalue weighted by Crippen LogP contribution is -2.15. The van der Waals surface area contributed by atoms with E-state index in [1.807, 2.05) is 0 Å². The van der Waals surface area contributed by atoms with E-state index in [0.29, 0.717) is 0 Å². The van der Waals surface area contributed by atoms with Crippen molar-refractivity contribution in [2.24, 2.45) is 0 Å². The average molecular weight is 350 g/mol. The van der Waals surface area contributed by atoms with Crippen molar-refractivity contribution in [2.75, 3.05) is 11.1 Å². The number of halogens is 4. The molecule has 2 rings (SSSR count). The summed E-state index contributed by atoms with van der Waals surface area (Å²) in [4.78, 5) is 15.2. The Morgan fingerprint density at radius 2 is 2.10 bits per heavy atom. The largest absolute Gasteiger partial charge is 0.417 e. The molecule has 0 aliphatic carbocycles. The second-order valence-electron chi connectivity index (χ2n) is 3.69.